The predicted octanol–water partition coefficient (Wildman–Crippen LogP) is 5.17. The second-order valence-corrected chi connectivity index (χ2v) is 10.6. The summed E-state index contributed by atoms with van der Waals surface area (Å²) in [6.07, 6.45) is 11.3. The maximum Gasteiger partial charge on any atom is 0.253 e. The van der Waals surface area contributed by atoms with Crippen LogP contribution in [0.3, 0.4) is 0 Å². The minimum absolute atomic E-state index is 0.181. The molecule has 1 saturated carbocycles. The molecule has 0 unspecified atom stereocenters. The second-order valence-electron chi connectivity index (χ2n) is 10.6. The van der Waals surface area contributed by atoms with Gasteiger partial charge in [-0.15, -0.1) is 0 Å². The number of piperazine rings is 1. The zero-order valence-electron chi connectivity index (χ0n) is 21.4. The third-order valence-electron chi connectivity index (χ3n) is 8.24. The lowest BCUT2D eigenvalue weighted by Crippen LogP contribution is -2.48. The third kappa shape index (κ3) is 6.00. The molecule has 35 heavy (non-hydrogen) atoms. The first-order chi connectivity index (χ1) is 17.2. The van der Waals surface area contributed by atoms with E-state index in [-0.39, 0.29) is 5.91 Å². The smallest absolute Gasteiger partial charge is 0.253 e. The van der Waals surface area contributed by atoms with E-state index in [1.54, 1.807) is 0 Å². The molecule has 5 nitrogen and oxygen atoms in total. The molecular weight excluding hydrogens is 434 g/mol. The number of rotatable bonds is 8. The molecule has 1 aliphatic heterocycles. The van der Waals surface area contributed by atoms with Gasteiger partial charge in [-0.05, 0) is 99.5 Å². The lowest BCUT2D eigenvalue weighted by Gasteiger charge is -2.36. The number of ether oxygens (including phenoxy) is 1. The average Bonchev–Trinajstić information content (AvgIpc) is 3.46. The highest BCUT2D eigenvalue weighted by atomic mass is 16.5. The van der Waals surface area contributed by atoms with E-state index in [9.17, 15) is 4.79 Å². The molecule has 0 atom stereocenters. The van der Waals surface area contributed by atoms with Crippen molar-refractivity contribution >= 4 is 11.6 Å². The number of aryl methyl sites for hydroxylation is 2. The average molecular weight is 476 g/mol. The molecule has 0 radical (unpaired) electrons. The topological polar surface area (TPSA) is 36.0 Å². The first kappa shape index (κ1) is 24.2. The highest BCUT2D eigenvalue weighted by Gasteiger charge is 2.23. The van der Waals surface area contributed by atoms with Crippen molar-refractivity contribution in [3.05, 3.63) is 59.2 Å². The lowest BCUT2D eigenvalue weighted by atomic mass is 9.90. The minimum Gasteiger partial charge on any atom is -0.494 e. The minimum atomic E-state index is 0.181. The largest absolute Gasteiger partial charge is 0.494 e. The van der Waals surface area contributed by atoms with Crippen molar-refractivity contribution in [2.24, 2.45) is 0 Å². The van der Waals surface area contributed by atoms with Crippen LogP contribution in [0.1, 0.15) is 66.4 Å². The molecule has 5 heteroatoms. The summed E-state index contributed by atoms with van der Waals surface area (Å²) < 4.78 is 6.00. The fourth-order valence-electron chi connectivity index (χ4n) is 6.00. The number of fused-ring (bicyclic) bond motifs is 1. The monoisotopic (exact) mass is 475 g/mol. The summed E-state index contributed by atoms with van der Waals surface area (Å²) in [5.74, 6) is 1.12. The molecule has 0 aromatic heterocycles. The van der Waals surface area contributed by atoms with Crippen molar-refractivity contribution < 1.29 is 9.53 Å². The lowest BCUT2D eigenvalue weighted by molar-refractivity contribution is 0.0746. The Kier molecular flexibility index (Phi) is 7.92. The number of anilines is 1. The standard InChI is InChI=1S/C30H41N3O2/c1-31(27-9-4-5-10-27)17-6-22-35-29-15-13-28(14-16-29)32-18-20-33(21-19-32)30(34)26-12-11-24-7-2-3-8-25(24)23-26/h11-16,23,27H,2-10,17-22H2,1H3. The second kappa shape index (κ2) is 11.5. The number of hydrogen-bond acceptors (Lipinski definition) is 4. The van der Waals surface area contributed by atoms with Gasteiger partial charge in [0.15, 0.2) is 0 Å². The quantitative estimate of drug-likeness (QED) is 0.494. The summed E-state index contributed by atoms with van der Waals surface area (Å²) in [5, 5.41) is 0. The van der Waals surface area contributed by atoms with E-state index < -0.39 is 0 Å². The molecule has 2 aromatic carbocycles. The molecule has 2 fully saturated rings. The summed E-state index contributed by atoms with van der Waals surface area (Å²) in [4.78, 5) is 20.0. The van der Waals surface area contributed by atoms with Crippen molar-refractivity contribution in [3.63, 3.8) is 0 Å². The van der Waals surface area contributed by atoms with E-state index in [1.165, 1.54) is 55.3 Å². The number of carbonyl (C=O) groups excluding carboxylic acids is 1. The van der Waals surface area contributed by atoms with Gasteiger partial charge in [-0.3, -0.25) is 4.79 Å². The first-order valence-electron chi connectivity index (χ1n) is 13.8. The van der Waals surface area contributed by atoms with E-state index in [4.69, 9.17) is 4.74 Å². The van der Waals surface area contributed by atoms with Crippen LogP contribution in [-0.2, 0) is 12.8 Å². The van der Waals surface area contributed by atoms with E-state index in [1.807, 2.05) is 11.0 Å². The normalized spacial score (nSPS) is 18.7. The maximum absolute atomic E-state index is 13.1. The van der Waals surface area contributed by atoms with E-state index >= 15 is 0 Å². The van der Waals surface area contributed by atoms with Crippen LogP contribution in [0.5, 0.6) is 5.75 Å². The summed E-state index contributed by atoms with van der Waals surface area (Å²) in [6.45, 7) is 5.14. The Balaban J connectivity index is 1.06. The number of benzene rings is 2. The van der Waals surface area contributed by atoms with Crippen LogP contribution in [0, 0.1) is 0 Å². The van der Waals surface area contributed by atoms with Gasteiger partial charge in [0.25, 0.3) is 5.91 Å². The summed E-state index contributed by atoms with van der Waals surface area (Å²) in [6, 6.07) is 15.6. The fraction of sp³-hybridized carbons (Fsp3) is 0.567. The molecule has 1 amide bonds. The van der Waals surface area contributed by atoms with Gasteiger partial charge in [0.1, 0.15) is 5.75 Å². The maximum atomic E-state index is 13.1. The zero-order valence-corrected chi connectivity index (χ0v) is 21.4. The Morgan fingerprint density at radius 2 is 1.63 bits per heavy atom. The highest BCUT2D eigenvalue weighted by Crippen LogP contribution is 2.25. The molecule has 2 aliphatic carbocycles. The van der Waals surface area contributed by atoms with E-state index in [0.29, 0.717) is 0 Å². The molecule has 0 bridgehead atoms. The number of nitrogens with zero attached hydrogens (tertiary/aromatic N) is 3. The molecule has 0 N–H and O–H groups in total. The van der Waals surface area contributed by atoms with Crippen LogP contribution >= 0.6 is 0 Å². The molecular formula is C30H41N3O2. The third-order valence-corrected chi connectivity index (χ3v) is 8.24. The van der Waals surface area contributed by atoms with Gasteiger partial charge < -0.3 is 19.4 Å². The van der Waals surface area contributed by atoms with Crippen molar-refractivity contribution in [1.29, 1.82) is 0 Å². The van der Waals surface area contributed by atoms with Crippen LogP contribution in [0.15, 0.2) is 42.5 Å². The van der Waals surface area contributed by atoms with Crippen LogP contribution in [0.4, 0.5) is 5.69 Å². The Labute approximate surface area is 211 Å². The highest BCUT2D eigenvalue weighted by molar-refractivity contribution is 5.94. The molecule has 2 aromatic rings. The van der Waals surface area contributed by atoms with E-state index in [0.717, 1.165) is 75.9 Å². The van der Waals surface area contributed by atoms with Gasteiger partial charge in [-0.25, -0.2) is 0 Å². The van der Waals surface area contributed by atoms with Gasteiger partial charge in [-0.1, -0.05) is 18.9 Å². The molecule has 1 saturated heterocycles. The summed E-state index contributed by atoms with van der Waals surface area (Å²) in [5.41, 5.74) is 4.87. The Hall–Kier alpha value is -2.53. The van der Waals surface area contributed by atoms with Gasteiger partial charge in [-0.2, -0.15) is 0 Å². The van der Waals surface area contributed by atoms with Crippen LogP contribution in [0.2, 0.25) is 0 Å². The van der Waals surface area contributed by atoms with Gasteiger partial charge in [0.05, 0.1) is 6.61 Å². The number of hydrogen-bond donors (Lipinski definition) is 0. The van der Waals surface area contributed by atoms with E-state index in [2.05, 4.69) is 53.2 Å². The zero-order chi connectivity index (χ0) is 24.0. The Morgan fingerprint density at radius 3 is 2.37 bits per heavy atom. The first-order valence-corrected chi connectivity index (χ1v) is 13.8. The molecule has 3 aliphatic rings. The molecule has 1 heterocycles. The number of amides is 1. The number of carbonyl (C=O) groups is 1. The van der Waals surface area contributed by atoms with Gasteiger partial charge in [0, 0.05) is 50.0 Å². The van der Waals surface area contributed by atoms with Crippen LogP contribution < -0.4 is 9.64 Å². The predicted molar refractivity (Wildman–Crippen MR) is 143 cm³/mol. The molecule has 5 rings (SSSR count). The van der Waals surface area contributed by atoms with Crippen LogP contribution in [0.25, 0.3) is 0 Å². The van der Waals surface area contributed by atoms with Crippen molar-refractivity contribution in [2.45, 2.75) is 63.8 Å². The Morgan fingerprint density at radius 1 is 0.914 bits per heavy atom. The van der Waals surface area contributed by atoms with Crippen LogP contribution in [-0.4, -0.2) is 68.1 Å². The van der Waals surface area contributed by atoms with Gasteiger partial charge in [0.2, 0.25) is 0 Å². The Bertz CT molecular complexity index is 976. The SMILES string of the molecule is CN(CCCOc1ccc(N2CCN(C(=O)c3ccc4c(c3)CCCC4)CC2)cc1)C1CCCC1. The van der Waals surface area contributed by atoms with Crippen molar-refractivity contribution in [1.82, 2.24) is 9.80 Å². The van der Waals surface area contributed by atoms with Crippen molar-refractivity contribution in [3.8, 4) is 5.75 Å². The fourth-order valence-corrected chi connectivity index (χ4v) is 6.00. The van der Waals surface area contributed by atoms with Crippen molar-refractivity contribution in [2.75, 3.05) is 51.3 Å². The van der Waals surface area contributed by atoms with Gasteiger partial charge >= 0.3 is 0 Å². The summed E-state index contributed by atoms with van der Waals surface area (Å²) >= 11 is 0. The molecule has 0 spiro atoms. The summed E-state index contributed by atoms with van der Waals surface area (Å²) in [7, 11) is 2.25. The molecule has 188 valence electrons.